The van der Waals surface area contributed by atoms with Crippen LogP contribution >= 0.6 is 0 Å². The Morgan fingerprint density at radius 3 is 2.28 bits per heavy atom. The predicted molar refractivity (Wildman–Crippen MR) is 74.3 cm³/mol. The third-order valence-electron chi connectivity index (χ3n) is 2.73. The molecule has 0 aliphatic rings. The Hall–Kier alpha value is -0.910. The lowest BCUT2D eigenvalue weighted by atomic mass is 10.1. The molecule has 0 fully saturated rings. The Bertz CT molecular complexity index is 454. The first kappa shape index (κ1) is 15.1. The van der Waals surface area contributed by atoms with E-state index in [2.05, 4.69) is 17.6 Å². The second-order valence-corrected chi connectivity index (χ2v) is 6.73. The molecule has 0 spiro atoms. The SMILES string of the molecule is CNCC(C)CNCc1ccc(S(C)(=O)=O)cc1. The molecule has 4 nitrogen and oxygen atoms in total. The molecule has 18 heavy (non-hydrogen) atoms. The van der Waals surface area contributed by atoms with Crippen LogP contribution in [0, 0.1) is 5.92 Å². The Kier molecular flexibility index (Phi) is 5.78. The van der Waals surface area contributed by atoms with Gasteiger partial charge in [0, 0.05) is 12.8 Å². The maximum atomic E-state index is 11.3. The van der Waals surface area contributed by atoms with Gasteiger partial charge in [-0.3, -0.25) is 0 Å². The molecule has 1 unspecified atom stereocenters. The molecule has 1 rings (SSSR count). The van der Waals surface area contributed by atoms with Gasteiger partial charge in [-0.05, 0) is 43.8 Å². The monoisotopic (exact) mass is 270 g/mol. The molecule has 0 radical (unpaired) electrons. The average molecular weight is 270 g/mol. The van der Waals surface area contributed by atoms with E-state index in [0.717, 1.165) is 25.2 Å². The lowest BCUT2D eigenvalue weighted by Gasteiger charge is -2.12. The van der Waals surface area contributed by atoms with Crippen molar-refractivity contribution >= 4 is 9.84 Å². The molecule has 0 amide bonds. The van der Waals surface area contributed by atoms with Gasteiger partial charge in [-0.25, -0.2) is 8.42 Å². The fourth-order valence-electron chi connectivity index (χ4n) is 1.74. The molecule has 102 valence electrons. The molecule has 1 aromatic rings. The van der Waals surface area contributed by atoms with E-state index in [1.807, 2.05) is 19.2 Å². The summed E-state index contributed by atoms with van der Waals surface area (Å²) in [6.07, 6.45) is 1.22. The van der Waals surface area contributed by atoms with Gasteiger partial charge in [-0.15, -0.1) is 0 Å². The number of hydrogen-bond donors (Lipinski definition) is 2. The molecule has 0 heterocycles. The topological polar surface area (TPSA) is 58.2 Å². The third-order valence-corrected chi connectivity index (χ3v) is 3.85. The number of sulfone groups is 1. The molecule has 0 aliphatic heterocycles. The van der Waals surface area contributed by atoms with Crippen LogP contribution < -0.4 is 10.6 Å². The minimum atomic E-state index is -3.09. The zero-order valence-electron chi connectivity index (χ0n) is 11.2. The zero-order chi connectivity index (χ0) is 13.6. The molecule has 1 aromatic carbocycles. The number of hydrogen-bond acceptors (Lipinski definition) is 4. The van der Waals surface area contributed by atoms with Gasteiger partial charge in [0.05, 0.1) is 4.90 Å². The second kappa shape index (κ2) is 6.87. The van der Waals surface area contributed by atoms with Gasteiger partial charge in [-0.2, -0.15) is 0 Å². The van der Waals surface area contributed by atoms with Crippen molar-refractivity contribution < 1.29 is 8.42 Å². The highest BCUT2D eigenvalue weighted by Crippen LogP contribution is 2.10. The van der Waals surface area contributed by atoms with Gasteiger partial charge in [-0.1, -0.05) is 19.1 Å². The van der Waals surface area contributed by atoms with Crippen LogP contribution in [0.15, 0.2) is 29.2 Å². The Balaban J connectivity index is 2.45. The normalized spacial score (nSPS) is 13.5. The van der Waals surface area contributed by atoms with Crippen LogP contribution in [0.25, 0.3) is 0 Å². The summed E-state index contributed by atoms with van der Waals surface area (Å²) >= 11 is 0. The van der Waals surface area contributed by atoms with Crippen LogP contribution in [0.4, 0.5) is 0 Å². The van der Waals surface area contributed by atoms with Gasteiger partial charge in [0.15, 0.2) is 9.84 Å². The van der Waals surface area contributed by atoms with E-state index < -0.39 is 9.84 Å². The van der Waals surface area contributed by atoms with Crippen molar-refractivity contribution in [3.05, 3.63) is 29.8 Å². The predicted octanol–water partition coefficient (Wildman–Crippen LogP) is 1.04. The summed E-state index contributed by atoms with van der Waals surface area (Å²) in [5.74, 6) is 0.574. The van der Waals surface area contributed by atoms with Crippen molar-refractivity contribution in [2.75, 3.05) is 26.4 Å². The van der Waals surface area contributed by atoms with Crippen LogP contribution in [0.1, 0.15) is 12.5 Å². The van der Waals surface area contributed by atoms with Crippen LogP contribution in [0.2, 0.25) is 0 Å². The van der Waals surface area contributed by atoms with E-state index in [-0.39, 0.29) is 0 Å². The molecular weight excluding hydrogens is 248 g/mol. The largest absolute Gasteiger partial charge is 0.319 e. The molecule has 5 heteroatoms. The summed E-state index contributed by atoms with van der Waals surface area (Å²) in [4.78, 5) is 0.370. The van der Waals surface area contributed by atoms with Crippen molar-refractivity contribution in [2.45, 2.75) is 18.4 Å². The van der Waals surface area contributed by atoms with Crippen LogP contribution in [0.5, 0.6) is 0 Å². The number of nitrogens with one attached hydrogen (secondary N) is 2. The van der Waals surface area contributed by atoms with E-state index in [1.54, 1.807) is 12.1 Å². The zero-order valence-corrected chi connectivity index (χ0v) is 12.0. The Morgan fingerprint density at radius 1 is 1.17 bits per heavy atom. The highest BCUT2D eigenvalue weighted by Gasteiger charge is 2.06. The lowest BCUT2D eigenvalue weighted by molar-refractivity contribution is 0.491. The van der Waals surface area contributed by atoms with Crippen molar-refractivity contribution in [2.24, 2.45) is 5.92 Å². The molecular formula is C13H22N2O2S. The fraction of sp³-hybridized carbons (Fsp3) is 0.538. The maximum Gasteiger partial charge on any atom is 0.175 e. The molecule has 0 bridgehead atoms. The van der Waals surface area contributed by atoms with Crippen molar-refractivity contribution in [3.63, 3.8) is 0 Å². The highest BCUT2D eigenvalue weighted by molar-refractivity contribution is 7.90. The van der Waals surface area contributed by atoms with E-state index in [4.69, 9.17) is 0 Å². The summed E-state index contributed by atoms with van der Waals surface area (Å²) < 4.78 is 22.6. The van der Waals surface area contributed by atoms with E-state index in [0.29, 0.717) is 10.8 Å². The first-order valence-corrected chi connectivity index (χ1v) is 7.97. The number of benzene rings is 1. The molecule has 2 N–H and O–H groups in total. The first-order valence-electron chi connectivity index (χ1n) is 6.08. The van der Waals surface area contributed by atoms with Crippen LogP contribution in [-0.4, -0.2) is 34.8 Å². The summed E-state index contributed by atoms with van der Waals surface area (Å²) in [6.45, 7) is 4.86. The molecule has 0 aromatic heterocycles. The molecule has 1 atom stereocenters. The molecule has 0 saturated heterocycles. The first-order chi connectivity index (χ1) is 8.43. The highest BCUT2D eigenvalue weighted by atomic mass is 32.2. The summed E-state index contributed by atoms with van der Waals surface area (Å²) in [6, 6.07) is 7.02. The van der Waals surface area contributed by atoms with Crippen LogP contribution in [0.3, 0.4) is 0 Å². The van der Waals surface area contributed by atoms with Crippen molar-refractivity contribution in [3.8, 4) is 0 Å². The van der Waals surface area contributed by atoms with Crippen LogP contribution in [-0.2, 0) is 16.4 Å². The van der Waals surface area contributed by atoms with Crippen molar-refractivity contribution in [1.82, 2.24) is 10.6 Å². The van der Waals surface area contributed by atoms with Gasteiger partial charge in [0.25, 0.3) is 0 Å². The second-order valence-electron chi connectivity index (χ2n) is 4.71. The van der Waals surface area contributed by atoms with Gasteiger partial charge >= 0.3 is 0 Å². The average Bonchev–Trinajstić information content (AvgIpc) is 2.29. The van der Waals surface area contributed by atoms with Gasteiger partial charge in [0.2, 0.25) is 0 Å². The third kappa shape index (κ3) is 5.16. The van der Waals surface area contributed by atoms with E-state index >= 15 is 0 Å². The molecule has 0 saturated carbocycles. The smallest absolute Gasteiger partial charge is 0.175 e. The summed E-state index contributed by atoms with van der Waals surface area (Å²) in [5.41, 5.74) is 1.10. The molecule has 0 aliphatic carbocycles. The fourth-order valence-corrected chi connectivity index (χ4v) is 2.37. The minimum absolute atomic E-state index is 0.370. The summed E-state index contributed by atoms with van der Waals surface area (Å²) in [5, 5.41) is 6.49. The number of rotatable bonds is 7. The standard InChI is InChI=1S/C13H22N2O2S/c1-11(8-14-2)9-15-10-12-4-6-13(7-5-12)18(3,16)17/h4-7,11,14-15H,8-10H2,1-3H3. The Morgan fingerprint density at radius 2 is 1.78 bits per heavy atom. The minimum Gasteiger partial charge on any atom is -0.319 e. The van der Waals surface area contributed by atoms with Gasteiger partial charge in [0.1, 0.15) is 0 Å². The van der Waals surface area contributed by atoms with Crippen molar-refractivity contribution in [1.29, 1.82) is 0 Å². The van der Waals surface area contributed by atoms with Gasteiger partial charge < -0.3 is 10.6 Å². The van der Waals surface area contributed by atoms with E-state index in [9.17, 15) is 8.42 Å². The Labute approximate surface area is 110 Å². The van der Waals surface area contributed by atoms with E-state index in [1.165, 1.54) is 6.26 Å². The quantitative estimate of drug-likeness (QED) is 0.777. The lowest BCUT2D eigenvalue weighted by Crippen LogP contribution is -2.27. The maximum absolute atomic E-state index is 11.3. The summed E-state index contributed by atoms with van der Waals surface area (Å²) in [7, 11) is -1.14.